The molecule has 21 nitrogen and oxygen atoms in total. The molecule has 596 valence electrons. The number of ether oxygens (including phenoxy) is 2. The highest BCUT2D eigenvalue weighted by Crippen LogP contribution is 2.64. The predicted octanol–water partition coefficient (Wildman–Crippen LogP) is 14.8. The maximum Gasteiger partial charge on any atom is 0.223 e. The SMILES string of the molecule is Nc1ncnc2c1c(-c1ccc(Oc3ccc(-c4ccc(Oc5ccc(-c6nn(C7CCN(C8CC9(CCN(C%10CC%11(CCN(C(=O)CC%12%13CC%14CC(CC(C%14)C%12)C%13)CC%11)C%10)CC9)C8)CC7)c7ncnc(N)c67)cc5)cc4)cc3)cc1)nn2C1CCN(C2CN(C3CN(C4CN(C(=O)CC56CC7CC(CC(C7)C5)C6)C4)C3)C2)CC1. The fourth-order valence-electron chi connectivity index (χ4n) is 27.6. The number of hydrogen-bond donors (Lipinski definition) is 2. The van der Waals surface area contributed by atoms with Crippen LogP contribution in [0.2, 0.25) is 0 Å². The van der Waals surface area contributed by atoms with E-state index in [0.29, 0.717) is 69.3 Å². The first-order chi connectivity index (χ1) is 55.7. The molecule has 4 N–H and O–H groups in total. The molecule has 25 rings (SSSR count). The number of piperidine rings is 4. The van der Waals surface area contributed by atoms with E-state index in [1.54, 1.807) is 12.7 Å². The lowest BCUT2D eigenvalue weighted by Gasteiger charge is -2.60. The minimum atomic E-state index is 0.218. The van der Waals surface area contributed by atoms with E-state index < -0.39 is 0 Å². The molecule has 0 unspecified atom stereocenters. The zero-order valence-electron chi connectivity index (χ0n) is 66.7. The van der Waals surface area contributed by atoms with Crippen molar-refractivity contribution in [3.05, 3.63) is 110 Å². The quantitative estimate of drug-likeness (QED) is 0.0817. The van der Waals surface area contributed by atoms with Gasteiger partial charge in [-0.3, -0.25) is 24.3 Å². The van der Waals surface area contributed by atoms with Crippen molar-refractivity contribution in [3.8, 4) is 56.6 Å². The molecule has 7 saturated heterocycles. The summed E-state index contributed by atoms with van der Waals surface area (Å²) in [6, 6.07) is 36.3. The lowest BCUT2D eigenvalue weighted by Crippen LogP contribution is -2.74. The third-order valence-corrected chi connectivity index (χ3v) is 33.2. The van der Waals surface area contributed by atoms with Crippen molar-refractivity contribution in [1.82, 2.24) is 73.8 Å². The molecule has 114 heavy (non-hydrogen) atoms. The van der Waals surface area contributed by atoms with Crippen LogP contribution in [0.1, 0.15) is 179 Å². The molecule has 7 aliphatic heterocycles. The lowest BCUT2D eigenvalue weighted by atomic mass is 9.49. The number of aromatic nitrogens is 8. The Kier molecular flexibility index (Phi) is 17.4. The van der Waals surface area contributed by atoms with E-state index in [1.807, 2.05) is 60.7 Å². The molecule has 8 aromatic rings. The summed E-state index contributed by atoms with van der Waals surface area (Å²) in [5.74, 6) is 10.2. The van der Waals surface area contributed by atoms with Gasteiger partial charge >= 0.3 is 0 Å². The molecule has 17 aliphatic rings. The molecule has 0 atom stereocenters. The Morgan fingerprint density at radius 2 is 0.675 bits per heavy atom. The standard InChI is InChI=1S/C93H115N17O4/c94-86-82-84(100-109(88(82)98-57-96-86)69-17-25-102(26-18-69)71-45-90(46-71)21-29-104(30-22-90)72-47-91(48-72)23-31-105(32-24-91)80(111)49-92-39-59-33-60(40-92)35-61(34-59)41-92)67-5-13-78(14-6-67)113-76-9-1-65(2-10-76)66-3-11-77(12-4-66)114-79-15-7-68(8-16-79)85-83-87(95)97-58-99-89(83)110(101-85)70-19-27-103(28-20-70)73-51-106(52-73)74-53-107(54-74)75-55-108(56-75)81(112)50-93-42-62-36-63(43-93)38-64(37-62)44-93/h1-16,57-64,69-75H,17-56H2,(H2,94,96,98)(H2,95,97,99). The molecule has 2 amide bonds. The molecule has 17 fully saturated rings. The van der Waals surface area contributed by atoms with Gasteiger partial charge in [0.1, 0.15) is 58.7 Å². The summed E-state index contributed by atoms with van der Waals surface area (Å²) in [5.41, 5.74) is 22.2. The van der Waals surface area contributed by atoms with Gasteiger partial charge in [-0.1, -0.05) is 24.3 Å². The van der Waals surface area contributed by atoms with Crippen LogP contribution in [-0.2, 0) is 9.59 Å². The average Bonchev–Trinajstić information content (AvgIpc) is 1.11. The normalized spacial score (nSPS) is 30.8. The van der Waals surface area contributed by atoms with Gasteiger partial charge in [0.15, 0.2) is 11.3 Å². The number of hydrogen-bond acceptors (Lipinski definition) is 17. The van der Waals surface area contributed by atoms with E-state index in [4.69, 9.17) is 41.1 Å². The van der Waals surface area contributed by atoms with Crippen molar-refractivity contribution in [2.45, 2.75) is 209 Å². The molecule has 10 aliphatic carbocycles. The average molecular weight is 1540 g/mol. The molecule has 4 aromatic carbocycles. The second-order valence-corrected chi connectivity index (χ2v) is 40.2. The first-order valence-electron chi connectivity index (χ1n) is 44.7. The van der Waals surface area contributed by atoms with Crippen LogP contribution < -0.4 is 20.9 Å². The highest BCUT2D eigenvalue weighted by molar-refractivity contribution is 5.99. The number of amides is 2. The Hall–Kier alpha value is -8.08. The van der Waals surface area contributed by atoms with Crippen molar-refractivity contribution in [1.29, 1.82) is 0 Å². The monoisotopic (exact) mass is 1530 g/mol. The molecule has 4 aromatic heterocycles. The van der Waals surface area contributed by atoms with Crippen LogP contribution >= 0.6 is 0 Å². The zero-order chi connectivity index (χ0) is 75.8. The molecule has 2 spiro atoms. The van der Waals surface area contributed by atoms with Crippen LogP contribution in [0.15, 0.2) is 110 Å². The van der Waals surface area contributed by atoms with Crippen LogP contribution in [-0.4, -0.2) is 207 Å². The Balaban J connectivity index is 0.356. The van der Waals surface area contributed by atoms with Gasteiger partial charge < -0.3 is 40.5 Å². The number of likely N-dealkylation sites (tertiary alicyclic amines) is 7. The number of fused-ring (bicyclic) bond motifs is 2. The van der Waals surface area contributed by atoms with Crippen LogP contribution in [0, 0.1) is 57.2 Å². The van der Waals surface area contributed by atoms with Gasteiger partial charge in [0.05, 0.1) is 22.9 Å². The van der Waals surface area contributed by atoms with E-state index in [0.717, 1.165) is 237 Å². The van der Waals surface area contributed by atoms with Gasteiger partial charge in [0, 0.05) is 133 Å². The minimum Gasteiger partial charge on any atom is -0.457 e. The molecule has 10 saturated carbocycles. The van der Waals surface area contributed by atoms with E-state index >= 15 is 0 Å². The number of anilines is 2. The van der Waals surface area contributed by atoms with Gasteiger partial charge in [-0.05, 0) is 308 Å². The van der Waals surface area contributed by atoms with Gasteiger partial charge in [-0.2, -0.15) is 10.2 Å². The number of carbonyl (C=O) groups excluding carboxylic acids is 2. The van der Waals surface area contributed by atoms with E-state index in [-0.39, 0.29) is 12.1 Å². The molecule has 8 bridgehead atoms. The number of rotatable bonds is 18. The van der Waals surface area contributed by atoms with Crippen molar-refractivity contribution < 1.29 is 19.1 Å². The zero-order valence-corrected chi connectivity index (χ0v) is 66.7. The van der Waals surface area contributed by atoms with Crippen LogP contribution in [0.4, 0.5) is 11.6 Å². The van der Waals surface area contributed by atoms with Crippen LogP contribution in [0.5, 0.6) is 23.0 Å². The van der Waals surface area contributed by atoms with Gasteiger partial charge in [-0.25, -0.2) is 29.3 Å². The summed E-state index contributed by atoms with van der Waals surface area (Å²) in [4.78, 5) is 64.0. The molecule has 11 heterocycles. The Morgan fingerprint density at radius 1 is 0.351 bits per heavy atom. The molecule has 21 heteroatoms. The van der Waals surface area contributed by atoms with Gasteiger partial charge in [0.2, 0.25) is 11.8 Å². The predicted molar refractivity (Wildman–Crippen MR) is 441 cm³/mol. The van der Waals surface area contributed by atoms with Crippen molar-refractivity contribution in [3.63, 3.8) is 0 Å². The third-order valence-electron chi connectivity index (χ3n) is 33.2. The summed E-state index contributed by atoms with van der Waals surface area (Å²) in [7, 11) is 0. The second kappa shape index (κ2) is 27.8. The first-order valence-corrected chi connectivity index (χ1v) is 44.7. The van der Waals surface area contributed by atoms with Crippen molar-refractivity contribution in [2.75, 3.05) is 103 Å². The Bertz CT molecular complexity index is 4850. The summed E-state index contributed by atoms with van der Waals surface area (Å²) in [5, 5.41) is 12.2. The Labute approximate surface area is 670 Å². The van der Waals surface area contributed by atoms with Crippen LogP contribution in [0.3, 0.4) is 0 Å². The number of nitrogens with two attached hydrogens (primary N) is 2. The number of nitrogens with zero attached hydrogens (tertiary/aromatic N) is 15. The lowest BCUT2D eigenvalue weighted by molar-refractivity contribution is -0.151. The van der Waals surface area contributed by atoms with Gasteiger partial charge in [0.25, 0.3) is 0 Å². The van der Waals surface area contributed by atoms with Crippen LogP contribution in [0.25, 0.3) is 55.7 Å². The highest BCUT2D eigenvalue weighted by atomic mass is 16.5. The number of nitrogen functional groups attached to an aromatic ring is 2. The second-order valence-electron chi connectivity index (χ2n) is 40.2. The summed E-state index contributed by atoms with van der Waals surface area (Å²) in [6.45, 7) is 15.2. The summed E-state index contributed by atoms with van der Waals surface area (Å²) >= 11 is 0. The molecular formula is C93H115N17O4. The Morgan fingerprint density at radius 3 is 1.06 bits per heavy atom. The van der Waals surface area contributed by atoms with Crippen molar-refractivity contribution in [2.24, 2.45) is 57.2 Å². The molecular weight excluding hydrogens is 1420 g/mol. The largest absolute Gasteiger partial charge is 0.457 e. The minimum absolute atomic E-state index is 0.218. The summed E-state index contributed by atoms with van der Waals surface area (Å²) in [6.07, 6.45) is 36.1. The van der Waals surface area contributed by atoms with E-state index in [1.165, 1.54) is 142 Å². The topological polar surface area (TPSA) is 215 Å². The fourth-order valence-corrected chi connectivity index (χ4v) is 27.6. The fraction of sp³-hybridized carbons (Fsp3) is 0.613. The third kappa shape index (κ3) is 12.9. The van der Waals surface area contributed by atoms with Crippen molar-refractivity contribution >= 4 is 45.5 Å². The van der Waals surface area contributed by atoms with Gasteiger partial charge in [-0.15, -0.1) is 0 Å². The molecule has 0 radical (unpaired) electrons. The number of benzene rings is 4. The van der Waals surface area contributed by atoms with E-state index in [9.17, 15) is 9.59 Å². The maximum atomic E-state index is 13.8. The highest BCUT2D eigenvalue weighted by Gasteiger charge is 2.57. The van der Waals surface area contributed by atoms with E-state index in [2.05, 4.69) is 90.0 Å². The smallest absolute Gasteiger partial charge is 0.223 e. The summed E-state index contributed by atoms with van der Waals surface area (Å²) < 4.78 is 17.1. The maximum absolute atomic E-state index is 13.8. The first kappa shape index (κ1) is 71.3. The number of carbonyl (C=O) groups is 2.